The number of phenolic OH excluding ortho intramolecular Hbond substituents is 1. The fourth-order valence-electron chi connectivity index (χ4n) is 1.14. The number of aromatic hydroxyl groups is 1. The minimum absolute atomic E-state index is 0.151. The Morgan fingerprint density at radius 2 is 1.77 bits per heavy atom. The molecule has 3 nitrogen and oxygen atoms in total. The van der Waals surface area contributed by atoms with Crippen molar-refractivity contribution < 1.29 is 10.3 Å². The second kappa shape index (κ2) is 3.47. The van der Waals surface area contributed by atoms with Gasteiger partial charge in [-0.05, 0) is 44.0 Å². The number of oxime groups is 1. The van der Waals surface area contributed by atoms with Crippen molar-refractivity contribution in [1.29, 1.82) is 0 Å². The molecule has 0 bridgehead atoms. The second-order valence-electron chi connectivity index (χ2n) is 3.14. The predicted molar refractivity (Wildman–Crippen MR) is 51.6 cm³/mol. The van der Waals surface area contributed by atoms with E-state index < -0.39 is 0 Å². The summed E-state index contributed by atoms with van der Waals surface area (Å²) < 4.78 is 0. The highest BCUT2D eigenvalue weighted by Crippen LogP contribution is 2.22. The van der Waals surface area contributed by atoms with Crippen LogP contribution in [0.1, 0.15) is 23.6 Å². The van der Waals surface area contributed by atoms with E-state index >= 15 is 0 Å². The summed E-state index contributed by atoms with van der Waals surface area (Å²) in [5.41, 5.74) is 3.08. The molecule has 1 rings (SSSR count). The van der Waals surface area contributed by atoms with Gasteiger partial charge in [0.15, 0.2) is 0 Å². The Bertz CT molecular complexity index is 356. The molecule has 1 aromatic rings. The third-order valence-electron chi connectivity index (χ3n) is 2.15. The molecule has 0 amide bonds. The SMILES string of the molecule is CC(=NO)c1cc(C)c(C)cc1O. The van der Waals surface area contributed by atoms with Crippen molar-refractivity contribution in [3.05, 3.63) is 28.8 Å². The van der Waals surface area contributed by atoms with Crippen LogP contribution in [-0.4, -0.2) is 16.0 Å². The van der Waals surface area contributed by atoms with Crippen molar-refractivity contribution in [3.8, 4) is 5.75 Å². The van der Waals surface area contributed by atoms with Crippen LogP contribution in [0.15, 0.2) is 17.3 Å². The Kier molecular flexibility index (Phi) is 2.56. The highest BCUT2D eigenvalue weighted by Gasteiger charge is 2.06. The summed E-state index contributed by atoms with van der Waals surface area (Å²) >= 11 is 0. The lowest BCUT2D eigenvalue weighted by atomic mass is 10.0. The molecule has 0 aliphatic rings. The second-order valence-corrected chi connectivity index (χ2v) is 3.14. The van der Waals surface area contributed by atoms with Crippen LogP contribution in [0.4, 0.5) is 0 Å². The molecule has 0 saturated carbocycles. The minimum atomic E-state index is 0.151. The van der Waals surface area contributed by atoms with Crippen LogP contribution in [0, 0.1) is 13.8 Å². The van der Waals surface area contributed by atoms with E-state index in [1.165, 1.54) is 0 Å². The number of nitrogens with zero attached hydrogens (tertiary/aromatic N) is 1. The number of aryl methyl sites for hydroxylation is 2. The van der Waals surface area contributed by atoms with Gasteiger partial charge < -0.3 is 10.3 Å². The van der Waals surface area contributed by atoms with E-state index in [0.29, 0.717) is 11.3 Å². The number of hydrogen-bond donors (Lipinski definition) is 2. The van der Waals surface area contributed by atoms with E-state index in [0.717, 1.165) is 11.1 Å². The van der Waals surface area contributed by atoms with E-state index in [-0.39, 0.29) is 5.75 Å². The summed E-state index contributed by atoms with van der Waals surface area (Å²) in [4.78, 5) is 0. The zero-order valence-corrected chi connectivity index (χ0v) is 8.00. The molecule has 70 valence electrons. The quantitative estimate of drug-likeness (QED) is 0.394. The summed E-state index contributed by atoms with van der Waals surface area (Å²) in [6, 6.07) is 3.47. The lowest BCUT2D eigenvalue weighted by Crippen LogP contribution is -1.97. The first-order valence-corrected chi connectivity index (χ1v) is 4.05. The van der Waals surface area contributed by atoms with E-state index in [9.17, 15) is 5.11 Å². The summed E-state index contributed by atoms with van der Waals surface area (Å²) in [6.45, 7) is 5.51. The summed E-state index contributed by atoms with van der Waals surface area (Å²) in [6.07, 6.45) is 0. The Hall–Kier alpha value is -1.51. The molecule has 0 aromatic heterocycles. The molecular formula is C10H13NO2. The fourth-order valence-corrected chi connectivity index (χ4v) is 1.14. The predicted octanol–water partition coefficient (Wildman–Crippen LogP) is 2.21. The fraction of sp³-hybridized carbons (Fsp3) is 0.300. The van der Waals surface area contributed by atoms with Crippen molar-refractivity contribution in [2.24, 2.45) is 5.16 Å². The van der Waals surface area contributed by atoms with Gasteiger partial charge in [-0.1, -0.05) is 5.16 Å². The van der Waals surface area contributed by atoms with Crippen molar-refractivity contribution >= 4 is 5.71 Å². The molecule has 3 heteroatoms. The highest BCUT2D eigenvalue weighted by atomic mass is 16.4. The molecule has 0 fully saturated rings. The van der Waals surface area contributed by atoms with Gasteiger partial charge in [0.25, 0.3) is 0 Å². The molecule has 0 heterocycles. The number of rotatable bonds is 1. The number of benzene rings is 1. The first-order valence-electron chi connectivity index (χ1n) is 4.05. The average Bonchev–Trinajstić information content (AvgIpc) is 2.10. The van der Waals surface area contributed by atoms with Crippen LogP contribution >= 0.6 is 0 Å². The maximum atomic E-state index is 9.53. The maximum Gasteiger partial charge on any atom is 0.125 e. The largest absolute Gasteiger partial charge is 0.507 e. The lowest BCUT2D eigenvalue weighted by Gasteiger charge is -2.06. The van der Waals surface area contributed by atoms with Crippen molar-refractivity contribution in [1.82, 2.24) is 0 Å². The molecule has 0 aliphatic carbocycles. The molecule has 0 spiro atoms. The third kappa shape index (κ3) is 1.80. The average molecular weight is 179 g/mol. The first-order chi connectivity index (χ1) is 6.06. The van der Waals surface area contributed by atoms with Crippen LogP contribution in [-0.2, 0) is 0 Å². The molecule has 0 unspecified atom stereocenters. The Balaban J connectivity index is 3.32. The van der Waals surface area contributed by atoms with Gasteiger partial charge in [0, 0.05) is 5.56 Å². The lowest BCUT2D eigenvalue weighted by molar-refractivity contribution is 0.318. The van der Waals surface area contributed by atoms with E-state index in [1.54, 1.807) is 19.1 Å². The van der Waals surface area contributed by atoms with Crippen LogP contribution in [0.25, 0.3) is 0 Å². The molecule has 0 saturated heterocycles. The monoisotopic (exact) mass is 179 g/mol. The molecule has 0 radical (unpaired) electrons. The molecular weight excluding hydrogens is 166 g/mol. The molecule has 1 aromatic carbocycles. The van der Waals surface area contributed by atoms with Gasteiger partial charge >= 0.3 is 0 Å². The van der Waals surface area contributed by atoms with Crippen LogP contribution < -0.4 is 0 Å². The Labute approximate surface area is 77.3 Å². The standard InChI is InChI=1S/C10H13NO2/c1-6-4-9(8(3)11-13)10(12)5-7(6)2/h4-5,12-13H,1-3H3. The van der Waals surface area contributed by atoms with E-state index in [1.807, 2.05) is 13.8 Å². The van der Waals surface area contributed by atoms with Crippen LogP contribution in [0.3, 0.4) is 0 Å². The topological polar surface area (TPSA) is 52.8 Å². The Morgan fingerprint density at radius 1 is 1.23 bits per heavy atom. The zero-order chi connectivity index (χ0) is 10.0. The zero-order valence-electron chi connectivity index (χ0n) is 8.00. The van der Waals surface area contributed by atoms with Gasteiger partial charge in [0.1, 0.15) is 5.75 Å². The Morgan fingerprint density at radius 3 is 2.31 bits per heavy atom. The van der Waals surface area contributed by atoms with Crippen LogP contribution in [0.2, 0.25) is 0 Å². The smallest absolute Gasteiger partial charge is 0.125 e. The molecule has 13 heavy (non-hydrogen) atoms. The summed E-state index contributed by atoms with van der Waals surface area (Å²) in [7, 11) is 0. The van der Waals surface area contributed by atoms with Gasteiger partial charge in [-0.15, -0.1) is 0 Å². The molecule has 0 aliphatic heterocycles. The summed E-state index contributed by atoms with van der Waals surface area (Å²) in [5, 5.41) is 21.1. The first kappa shape index (κ1) is 9.58. The van der Waals surface area contributed by atoms with Crippen molar-refractivity contribution in [2.75, 3.05) is 0 Å². The number of hydrogen-bond acceptors (Lipinski definition) is 3. The van der Waals surface area contributed by atoms with Gasteiger partial charge in [0.05, 0.1) is 5.71 Å². The van der Waals surface area contributed by atoms with Crippen molar-refractivity contribution in [2.45, 2.75) is 20.8 Å². The molecule has 0 atom stereocenters. The highest BCUT2D eigenvalue weighted by molar-refractivity contribution is 6.00. The van der Waals surface area contributed by atoms with E-state index in [2.05, 4.69) is 5.16 Å². The number of phenols is 1. The van der Waals surface area contributed by atoms with Gasteiger partial charge in [0.2, 0.25) is 0 Å². The molecule has 2 N–H and O–H groups in total. The van der Waals surface area contributed by atoms with Gasteiger partial charge in [-0.25, -0.2) is 0 Å². The third-order valence-corrected chi connectivity index (χ3v) is 2.15. The minimum Gasteiger partial charge on any atom is -0.507 e. The summed E-state index contributed by atoms with van der Waals surface area (Å²) in [5.74, 6) is 0.151. The normalized spacial score (nSPS) is 11.8. The van der Waals surface area contributed by atoms with E-state index in [4.69, 9.17) is 5.21 Å². The van der Waals surface area contributed by atoms with Crippen LogP contribution in [0.5, 0.6) is 5.75 Å². The van der Waals surface area contributed by atoms with Gasteiger partial charge in [-0.2, -0.15) is 0 Å². The van der Waals surface area contributed by atoms with Crippen molar-refractivity contribution in [3.63, 3.8) is 0 Å². The maximum absolute atomic E-state index is 9.53. The van der Waals surface area contributed by atoms with Gasteiger partial charge in [-0.3, -0.25) is 0 Å².